The Kier molecular flexibility index (Phi) is 4.06. The molecule has 0 aliphatic rings. The summed E-state index contributed by atoms with van der Waals surface area (Å²) in [6.07, 6.45) is 3.04. The maximum absolute atomic E-state index is 14.0. The van der Waals surface area contributed by atoms with Crippen LogP contribution in [-0.2, 0) is 0 Å². The van der Waals surface area contributed by atoms with Gasteiger partial charge in [-0.05, 0) is 19.9 Å². The van der Waals surface area contributed by atoms with Gasteiger partial charge in [-0.3, -0.25) is 10.1 Å². The highest BCUT2D eigenvalue weighted by molar-refractivity contribution is 7.15. The number of anilines is 2. The number of hydrogen-bond acceptors (Lipinski definition) is 5. The molecule has 0 aliphatic heterocycles. The first-order valence-electron chi connectivity index (χ1n) is 5.74. The molecule has 19 heavy (non-hydrogen) atoms. The van der Waals surface area contributed by atoms with Crippen LogP contribution in [-0.4, -0.2) is 22.4 Å². The highest BCUT2D eigenvalue weighted by Crippen LogP contribution is 2.20. The first-order valence-corrected chi connectivity index (χ1v) is 6.55. The average Bonchev–Trinajstić information content (AvgIpc) is 2.77. The van der Waals surface area contributed by atoms with Gasteiger partial charge in [-0.25, -0.2) is 14.4 Å². The summed E-state index contributed by atoms with van der Waals surface area (Å²) in [5.41, 5.74) is -0.0567. The molecular formula is C12H13FN4OS. The number of aryl methyl sites for hydroxylation is 1. The molecule has 0 spiro atoms. The second-order valence-corrected chi connectivity index (χ2v) is 5.02. The number of nitrogens with one attached hydrogen (secondary N) is 2. The average molecular weight is 280 g/mol. The zero-order valence-corrected chi connectivity index (χ0v) is 11.3. The van der Waals surface area contributed by atoms with Gasteiger partial charge in [-0.1, -0.05) is 0 Å². The summed E-state index contributed by atoms with van der Waals surface area (Å²) in [7, 11) is 0. The van der Waals surface area contributed by atoms with Crippen LogP contribution in [0.4, 0.5) is 15.3 Å². The highest BCUT2D eigenvalue weighted by atomic mass is 32.1. The Morgan fingerprint density at radius 1 is 1.47 bits per heavy atom. The molecule has 0 bridgehead atoms. The fourth-order valence-electron chi connectivity index (χ4n) is 1.49. The number of amides is 1. The molecule has 2 heterocycles. The van der Waals surface area contributed by atoms with E-state index in [4.69, 9.17) is 0 Å². The van der Waals surface area contributed by atoms with Gasteiger partial charge in [-0.2, -0.15) is 0 Å². The normalized spacial score (nSPS) is 10.3. The third-order valence-corrected chi connectivity index (χ3v) is 3.15. The van der Waals surface area contributed by atoms with E-state index in [-0.39, 0.29) is 11.4 Å². The molecule has 2 aromatic rings. The van der Waals surface area contributed by atoms with Gasteiger partial charge >= 0.3 is 0 Å². The van der Waals surface area contributed by atoms with Crippen molar-refractivity contribution >= 4 is 28.2 Å². The van der Waals surface area contributed by atoms with Crippen LogP contribution in [0.3, 0.4) is 0 Å². The lowest BCUT2D eigenvalue weighted by Crippen LogP contribution is -2.15. The van der Waals surface area contributed by atoms with Gasteiger partial charge in [0.15, 0.2) is 16.8 Å². The summed E-state index contributed by atoms with van der Waals surface area (Å²) < 4.78 is 14.0. The SMILES string of the molecule is CCNc1nccc(C(=O)Nc2ncc(C)s2)c1F. The van der Waals surface area contributed by atoms with E-state index < -0.39 is 11.7 Å². The molecule has 5 nitrogen and oxygen atoms in total. The van der Waals surface area contributed by atoms with E-state index in [0.29, 0.717) is 11.7 Å². The lowest BCUT2D eigenvalue weighted by atomic mass is 10.2. The van der Waals surface area contributed by atoms with Crippen molar-refractivity contribution in [1.29, 1.82) is 0 Å². The van der Waals surface area contributed by atoms with Crippen LogP contribution in [0.25, 0.3) is 0 Å². The van der Waals surface area contributed by atoms with Crippen LogP contribution in [0.15, 0.2) is 18.5 Å². The van der Waals surface area contributed by atoms with E-state index in [2.05, 4.69) is 20.6 Å². The number of hydrogen-bond donors (Lipinski definition) is 2. The molecule has 1 amide bonds. The van der Waals surface area contributed by atoms with E-state index in [9.17, 15) is 9.18 Å². The molecule has 0 unspecified atom stereocenters. The lowest BCUT2D eigenvalue weighted by Gasteiger charge is -2.07. The molecule has 0 aromatic carbocycles. The molecular weight excluding hydrogens is 267 g/mol. The minimum absolute atomic E-state index is 0.0567. The van der Waals surface area contributed by atoms with Crippen molar-refractivity contribution in [3.8, 4) is 0 Å². The Morgan fingerprint density at radius 3 is 2.89 bits per heavy atom. The largest absolute Gasteiger partial charge is 0.368 e. The third kappa shape index (κ3) is 3.05. The van der Waals surface area contributed by atoms with Gasteiger partial charge in [0.05, 0.1) is 5.56 Å². The topological polar surface area (TPSA) is 66.9 Å². The second-order valence-electron chi connectivity index (χ2n) is 3.78. The molecule has 0 aliphatic carbocycles. The van der Waals surface area contributed by atoms with Gasteiger partial charge < -0.3 is 5.32 Å². The number of pyridine rings is 1. The molecule has 7 heteroatoms. The maximum atomic E-state index is 14.0. The van der Waals surface area contributed by atoms with E-state index in [0.717, 1.165) is 4.88 Å². The number of thiazole rings is 1. The number of carbonyl (C=O) groups excluding carboxylic acids is 1. The van der Waals surface area contributed by atoms with E-state index in [1.807, 2.05) is 13.8 Å². The van der Waals surface area contributed by atoms with E-state index in [1.54, 1.807) is 6.20 Å². The number of nitrogens with zero attached hydrogens (tertiary/aromatic N) is 2. The Morgan fingerprint density at radius 2 is 2.26 bits per heavy atom. The second kappa shape index (κ2) is 5.75. The van der Waals surface area contributed by atoms with Crippen molar-refractivity contribution < 1.29 is 9.18 Å². The van der Waals surface area contributed by atoms with Crippen LogP contribution in [0.2, 0.25) is 0 Å². The van der Waals surface area contributed by atoms with Crippen molar-refractivity contribution in [1.82, 2.24) is 9.97 Å². The molecule has 0 fully saturated rings. The molecule has 2 N–H and O–H groups in total. The van der Waals surface area contributed by atoms with Crippen LogP contribution in [0.1, 0.15) is 22.2 Å². The quantitative estimate of drug-likeness (QED) is 0.903. The molecule has 0 radical (unpaired) electrons. The Labute approximate surface area is 113 Å². The van der Waals surface area contributed by atoms with Crippen molar-refractivity contribution in [3.63, 3.8) is 0 Å². The van der Waals surface area contributed by atoms with Gasteiger partial charge in [-0.15, -0.1) is 11.3 Å². The minimum atomic E-state index is -0.657. The zero-order valence-electron chi connectivity index (χ0n) is 10.5. The maximum Gasteiger partial charge on any atom is 0.260 e. The fourth-order valence-corrected chi connectivity index (χ4v) is 2.15. The number of carbonyl (C=O) groups is 1. The van der Waals surface area contributed by atoms with E-state index in [1.165, 1.54) is 23.6 Å². The highest BCUT2D eigenvalue weighted by Gasteiger charge is 2.16. The molecule has 100 valence electrons. The first kappa shape index (κ1) is 13.4. The van der Waals surface area contributed by atoms with Crippen molar-refractivity contribution in [2.24, 2.45) is 0 Å². The molecule has 0 saturated carbocycles. The number of aromatic nitrogens is 2. The lowest BCUT2D eigenvalue weighted by molar-refractivity contribution is 0.102. The first-order chi connectivity index (χ1) is 9.11. The monoisotopic (exact) mass is 280 g/mol. The molecule has 2 rings (SSSR count). The Hall–Kier alpha value is -2.02. The molecule has 2 aromatic heterocycles. The smallest absolute Gasteiger partial charge is 0.260 e. The Balaban J connectivity index is 2.21. The zero-order chi connectivity index (χ0) is 13.8. The number of rotatable bonds is 4. The number of halogens is 1. The Bertz CT molecular complexity index is 599. The van der Waals surface area contributed by atoms with Crippen LogP contribution < -0.4 is 10.6 Å². The predicted octanol–water partition coefficient (Wildman–Crippen LogP) is 2.67. The van der Waals surface area contributed by atoms with Crippen molar-refractivity contribution in [3.05, 3.63) is 34.7 Å². The summed E-state index contributed by atoms with van der Waals surface area (Å²) in [6, 6.07) is 1.34. The molecule has 0 saturated heterocycles. The van der Waals surface area contributed by atoms with Gasteiger partial charge in [0.1, 0.15) is 0 Å². The van der Waals surface area contributed by atoms with Gasteiger partial charge in [0, 0.05) is 23.8 Å². The van der Waals surface area contributed by atoms with Crippen LogP contribution in [0, 0.1) is 12.7 Å². The van der Waals surface area contributed by atoms with Crippen LogP contribution >= 0.6 is 11.3 Å². The van der Waals surface area contributed by atoms with Gasteiger partial charge in [0.2, 0.25) is 0 Å². The summed E-state index contributed by atoms with van der Waals surface area (Å²) in [4.78, 5) is 20.8. The molecule has 0 atom stereocenters. The fraction of sp³-hybridized carbons (Fsp3) is 0.250. The standard InChI is InChI=1S/C12H13FN4OS/c1-3-14-10-9(13)8(4-5-15-10)11(18)17-12-16-6-7(2)19-12/h4-6H,3H2,1-2H3,(H,14,15)(H,16,17,18). The third-order valence-electron chi connectivity index (χ3n) is 2.32. The minimum Gasteiger partial charge on any atom is -0.368 e. The van der Waals surface area contributed by atoms with E-state index >= 15 is 0 Å². The van der Waals surface area contributed by atoms with Crippen molar-refractivity contribution in [2.45, 2.75) is 13.8 Å². The predicted molar refractivity (Wildman–Crippen MR) is 73.2 cm³/mol. The van der Waals surface area contributed by atoms with Crippen molar-refractivity contribution in [2.75, 3.05) is 17.2 Å². The van der Waals surface area contributed by atoms with Crippen LogP contribution in [0.5, 0.6) is 0 Å². The summed E-state index contributed by atoms with van der Waals surface area (Å²) in [5, 5.41) is 5.77. The van der Waals surface area contributed by atoms with Gasteiger partial charge in [0.25, 0.3) is 5.91 Å². The summed E-state index contributed by atoms with van der Waals surface area (Å²) in [6.45, 7) is 4.23. The summed E-state index contributed by atoms with van der Waals surface area (Å²) >= 11 is 1.33. The summed E-state index contributed by atoms with van der Waals surface area (Å²) in [5.74, 6) is -1.12.